The van der Waals surface area contributed by atoms with Gasteiger partial charge in [-0.05, 0) is 55.8 Å². The van der Waals surface area contributed by atoms with Gasteiger partial charge >= 0.3 is 0 Å². The Balaban J connectivity index is 1.71. The van der Waals surface area contributed by atoms with Gasteiger partial charge in [0.25, 0.3) is 0 Å². The lowest BCUT2D eigenvalue weighted by Crippen LogP contribution is -2.44. The molecule has 0 bridgehead atoms. The highest BCUT2D eigenvalue weighted by Crippen LogP contribution is 2.31. The Labute approximate surface area is 203 Å². The predicted octanol–water partition coefficient (Wildman–Crippen LogP) is 3.33. The monoisotopic (exact) mass is 473 g/mol. The number of nitrogens with zero attached hydrogens (tertiary/aromatic N) is 5. The normalized spacial score (nSPS) is 16.0. The van der Waals surface area contributed by atoms with Crippen LogP contribution in [0.5, 0.6) is 5.75 Å². The number of aryl methyl sites for hydroxylation is 1. The Morgan fingerprint density at radius 3 is 2.80 bits per heavy atom. The van der Waals surface area contributed by atoms with Crippen molar-refractivity contribution in [2.24, 2.45) is 0 Å². The molecule has 1 fully saturated rings. The number of ether oxygens (including phenoxy) is 2. The van der Waals surface area contributed by atoms with Crippen molar-refractivity contribution in [2.45, 2.75) is 26.5 Å². The summed E-state index contributed by atoms with van der Waals surface area (Å²) in [6.45, 7) is 5.73. The van der Waals surface area contributed by atoms with Crippen molar-refractivity contribution in [3.05, 3.63) is 59.4 Å². The van der Waals surface area contributed by atoms with Gasteiger partial charge in [0, 0.05) is 23.9 Å². The smallest absolute Gasteiger partial charge is 0.238 e. The van der Waals surface area contributed by atoms with Crippen LogP contribution in [0.25, 0.3) is 28.2 Å². The van der Waals surface area contributed by atoms with Crippen molar-refractivity contribution in [1.29, 1.82) is 0 Å². The van der Waals surface area contributed by atoms with E-state index in [1.165, 1.54) is 0 Å². The molecule has 1 atom stereocenters. The molecule has 0 spiro atoms. The Kier molecular flexibility index (Phi) is 6.19. The van der Waals surface area contributed by atoms with E-state index in [-0.39, 0.29) is 12.6 Å². The molecule has 9 nitrogen and oxygen atoms in total. The maximum absolute atomic E-state index is 11.8. The average Bonchev–Trinajstić information content (AvgIpc) is 3.27. The Morgan fingerprint density at radius 2 is 2.06 bits per heavy atom. The fraction of sp³-hybridized carbons (Fsp3) is 0.308. The summed E-state index contributed by atoms with van der Waals surface area (Å²) in [4.78, 5) is 28.5. The number of methoxy groups -OCH3 is 1. The Hall–Kier alpha value is -3.82. The van der Waals surface area contributed by atoms with E-state index in [4.69, 9.17) is 24.4 Å². The number of hydrogen-bond donors (Lipinski definition) is 1. The Morgan fingerprint density at radius 1 is 1.20 bits per heavy atom. The highest BCUT2D eigenvalue weighted by atomic mass is 16.5. The van der Waals surface area contributed by atoms with Gasteiger partial charge in [0.15, 0.2) is 11.9 Å². The predicted molar refractivity (Wildman–Crippen MR) is 132 cm³/mol. The van der Waals surface area contributed by atoms with Gasteiger partial charge in [-0.25, -0.2) is 4.98 Å². The summed E-state index contributed by atoms with van der Waals surface area (Å²) in [5.74, 6) is 1.76. The number of aliphatic hydroxyl groups excluding tert-OH is 1. The van der Waals surface area contributed by atoms with Crippen molar-refractivity contribution in [1.82, 2.24) is 19.5 Å². The van der Waals surface area contributed by atoms with Gasteiger partial charge in [0.2, 0.25) is 5.95 Å². The van der Waals surface area contributed by atoms with Gasteiger partial charge in [0.05, 0.1) is 49.7 Å². The summed E-state index contributed by atoms with van der Waals surface area (Å²) in [5, 5.41) is 10.6. The van der Waals surface area contributed by atoms with Crippen LogP contribution in [0.4, 0.5) is 5.82 Å². The molecule has 0 saturated carbocycles. The minimum Gasteiger partial charge on any atom is -0.496 e. The largest absolute Gasteiger partial charge is 0.496 e. The third-order valence-corrected chi connectivity index (χ3v) is 6.38. The van der Waals surface area contributed by atoms with Crippen LogP contribution in [0.2, 0.25) is 0 Å². The number of morpholine rings is 1. The average molecular weight is 474 g/mol. The maximum atomic E-state index is 11.8. The molecule has 0 amide bonds. The number of aromatic nitrogens is 4. The van der Waals surface area contributed by atoms with Crippen LogP contribution in [0.1, 0.15) is 28.5 Å². The van der Waals surface area contributed by atoms with Gasteiger partial charge in [-0.3, -0.25) is 9.36 Å². The highest BCUT2D eigenvalue weighted by Gasteiger charge is 2.25. The Bertz CT molecular complexity index is 1400. The van der Waals surface area contributed by atoms with Gasteiger partial charge < -0.3 is 19.5 Å². The molecular weight excluding hydrogens is 446 g/mol. The van der Waals surface area contributed by atoms with E-state index in [0.29, 0.717) is 54.1 Å². The maximum Gasteiger partial charge on any atom is 0.238 e. The third-order valence-electron chi connectivity index (χ3n) is 6.38. The van der Waals surface area contributed by atoms with Gasteiger partial charge in [-0.2, -0.15) is 9.97 Å². The zero-order chi connectivity index (χ0) is 24.5. The second-order valence-corrected chi connectivity index (χ2v) is 8.59. The lowest BCUT2D eigenvalue weighted by Gasteiger charge is -2.35. The number of rotatable bonds is 6. The SMILES string of the molecule is COc1ccc(-c2ccc3c(N4CCOC[C@@H]4C)nc(-n4ccc(C)c4C=O)nc3n2)cc1CO. The molecule has 35 heavy (non-hydrogen) atoms. The first kappa shape index (κ1) is 22.9. The van der Waals surface area contributed by atoms with Crippen LogP contribution in [-0.4, -0.2) is 63.8 Å². The second-order valence-electron chi connectivity index (χ2n) is 8.59. The first-order chi connectivity index (χ1) is 17.0. The molecule has 180 valence electrons. The van der Waals surface area contributed by atoms with Crippen molar-refractivity contribution in [3.8, 4) is 23.0 Å². The minimum atomic E-state index is -0.141. The first-order valence-electron chi connectivity index (χ1n) is 11.5. The van der Waals surface area contributed by atoms with Crippen molar-refractivity contribution in [2.75, 3.05) is 31.8 Å². The summed E-state index contributed by atoms with van der Waals surface area (Å²) in [5.41, 5.74) is 4.09. The number of hydrogen-bond acceptors (Lipinski definition) is 8. The van der Waals surface area contributed by atoms with Crippen molar-refractivity contribution in [3.63, 3.8) is 0 Å². The zero-order valence-electron chi connectivity index (χ0n) is 19.9. The lowest BCUT2D eigenvalue weighted by atomic mass is 10.1. The molecule has 0 aliphatic carbocycles. The number of carbonyl (C=O) groups excluding carboxylic acids is 1. The van der Waals surface area contributed by atoms with Crippen molar-refractivity contribution < 1.29 is 19.4 Å². The van der Waals surface area contributed by atoms with Crippen molar-refractivity contribution >= 4 is 23.1 Å². The van der Waals surface area contributed by atoms with E-state index in [0.717, 1.165) is 28.6 Å². The molecule has 0 radical (unpaired) electrons. The topological polar surface area (TPSA) is 103 Å². The summed E-state index contributed by atoms with van der Waals surface area (Å²) >= 11 is 0. The number of benzene rings is 1. The van der Waals surface area contributed by atoms with Gasteiger partial charge in [-0.1, -0.05) is 0 Å². The molecule has 0 unspecified atom stereocenters. The van der Waals surface area contributed by atoms with E-state index in [2.05, 4.69) is 11.8 Å². The highest BCUT2D eigenvalue weighted by molar-refractivity contribution is 5.89. The number of fused-ring (bicyclic) bond motifs is 1. The number of anilines is 1. The fourth-order valence-electron chi connectivity index (χ4n) is 4.44. The van der Waals surface area contributed by atoms with Crippen LogP contribution in [0, 0.1) is 6.92 Å². The summed E-state index contributed by atoms with van der Waals surface area (Å²) in [6.07, 6.45) is 2.62. The van der Waals surface area contributed by atoms with Crippen LogP contribution < -0.4 is 9.64 Å². The summed E-state index contributed by atoms with van der Waals surface area (Å²) in [7, 11) is 1.57. The summed E-state index contributed by atoms with van der Waals surface area (Å²) < 4.78 is 12.7. The van der Waals surface area contributed by atoms with Crippen LogP contribution in [-0.2, 0) is 11.3 Å². The second kappa shape index (κ2) is 9.44. The molecule has 4 aromatic rings. The molecule has 1 aromatic carbocycles. The number of aliphatic hydroxyl groups is 1. The number of aldehydes is 1. The number of pyridine rings is 1. The molecule has 1 aliphatic rings. The van der Waals surface area contributed by atoms with Crippen LogP contribution >= 0.6 is 0 Å². The van der Waals surface area contributed by atoms with Gasteiger partial charge in [0.1, 0.15) is 11.6 Å². The van der Waals surface area contributed by atoms with Crippen LogP contribution in [0.15, 0.2) is 42.6 Å². The lowest BCUT2D eigenvalue weighted by molar-refractivity contribution is 0.0987. The quantitative estimate of drug-likeness (QED) is 0.426. The standard InChI is InChI=1S/C26H27N5O4/c1-16-8-9-31(22(16)14-33)26-28-24-20(25(29-26)30-10-11-35-15-17(30)2)5-6-21(27-24)18-4-7-23(34-3)19(12-18)13-32/h4-9,12,14,17,32H,10-11,13,15H2,1-3H3/t17-/m0/s1. The molecule has 5 rings (SSSR count). The summed E-state index contributed by atoms with van der Waals surface area (Å²) in [6, 6.07) is 11.5. The molecule has 1 N–H and O–H groups in total. The molecule has 9 heteroatoms. The molecular formula is C26H27N5O4. The fourth-order valence-corrected chi connectivity index (χ4v) is 4.44. The molecule has 3 aromatic heterocycles. The zero-order valence-corrected chi connectivity index (χ0v) is 19.9. The van der Waals surface area contributed by atoms with E-state index in [1.807, 2.05) is 43.3 Å². The first-order valence-corrected chi connectivity index (χ1v) is 11.5. The van der Waals surface area contributed by atoms with Gasteiger partial charge in [-0.15, -0.1) is 0 Å². The number of carbonyl (C=O) groups is 1. The third kappa shape index (κ3) is 4.13. The van der Waals surface area contributed by atoms with E-state index in [9.17, 15) is 9.90 Å². The van der Waals surface area contributed by atoms with Crippen LogP contribution in [0.3, 0.4) is 0 Å². The van der Waals surface area contributed by atoms with E-state index in [1.54, 1.807) is 17.9 Å². The van der Waals surface area contributed by atoms with E-state index < -0.39 is 0 Å². The molecule has 1 saturated heterocycles. The molecule has 4 heterocycles. The van der Waals surface area contributed by atoms with E-state index >= 15 is 0 Å². The molecule has 1 aliphatic heterocycles. The minimum absolute atomic E-state index is 0.125.